The van der Waals surface area contributed by atoms with E-state index in [2.05, 4.69) is 17.3 Å². The summed E-state index contributed by atoms with van der Waals surface area (Å²) in [6, 6.07) is 0.553. The number of hydrogen-bond donors (Lipinski definition) is 2. The highest BCUT2D eigenvalue weighted by Crippen LogP contribution is 2.25. The van der Waals surface area contributed by atoms with Gasteiger partial charge in [-0.3, -0.25) is 0 Å². The van der Waals surface area contributed by atoms with E-state index in [1.807, 2.05) is 0 Å². The van der Waals surface area contributed by atoms with Crippen molar-refractivity contribution in [2.75, 3.05) is 26.7 Å². The molecule has 2 aliphatic rings. The second-order valence-electron chi connectivity index (χ2n) is 4.81. The van der Waals surface area contributed by atoms with Crippen LogP contribution in [0.2, 0.25) is 0 Å². The Hall–Kier alpha value is -0.120. The number of rotatable bonds is 0. The lowest BCUT2D eigenvalue weighted by Crippen LogP contribution is -2.39. The Bertz CT molecular complexity index is 186. The summed E-state index contributed by atoms with van der Waals surface area (Å²) in [6.45, 7) is 3.39. The van der Waals surface area contributed by atoms with Gasteiger partial charge in [0.1, 0.15) is 0 Å². The fraction of sp³-hybridized carbons (Fsp3) is 1.00. The molecule has 82 valence electrons. The predicted molar refractivity (Wildman–Crippen MR) is 57.3 cm³/mol. The quantitative estimate of drug-likeness (QED) is 0.593. The zero-order chi connectivity index (χ0) is 9.97. The topological polar surface area (TPSA) is 35.5 Å². The Morgan fingerprint density at radius 2 is 2.00 bits per heavy atom. The Morgan fingerprint density at radius 1 is 1.21 bits per heavy atom. The molecule has 0 aromatic rings. The van der Waals surface area contributed by atoms with Gasteiger partial charge >= 0.3 is 0 Å². The normalized spacial score (nSPS) is 41.1. The van der Waals surface area contributed by atoms with Gasteiger partial charge in [-0.15, -0.1) is 0 Å². The molecule has 2 N–H and O–H groups in total. The Labute approximate surface area is 86.5 Å². The third kappa shape index (κ3) is 2.27. The molecule has 3 heteroatoms. The fourth-order valence-corrected chi connectivity index (χ4v) is 2.78. The summed E-state index contributed by atoms with van der Waals surface area (Å²) in [7, 11) is 2.18. The zero-order valence-electron chi connectivity index (χ0n) is 9.08. The van der Waals surface area contributed by atoms with Crippen molar-refractivity contribution in [2.24, 2.45) is 5.92 Å². The van der Waals surface area contributed by atoms with Crippen molar-refractivity contribution in [1.29, 1.82) is 0 Å². The maximum absolute atomic E-state index is 10.0. The Morgan fingerprint density at radius 3 is 2.86 bits per heavy atom. The second kappa shape index (κ2) is 4.60. The van der Waals surface area contributed by atoms with Crippen LogP contribution in [0.1, 0.15) is 25.7 Å². The molecule has 0 bridgehead atoms. The molecule has 2 heterocycles. The lowest BCUT2D eigenvalue weighted by Gasteiger charge is -2.26. The van der Waals surface area contributed by atoms with Crippen LogP contribution in [0.4, 0.5) is 0 Å². The molecule has 2 aliphatic heterocycles. The van der Waals surface area contributed by atoms with Crippen LogP contribution >= 0.6 is 0 Å². The zero-order valence-corrected chi connectivity index (χ0v) is 9.08. The molecule has 3 atom stereocenters. The third-order valence-electron chi connectivity index (χ3n) is 3.76. The average molecular weight is 198 g/mol. The van der Waals surface area contributed by atoms with Crippen molar-refractivity contribution in [1.82, 2.24) is 10.2 Å². The summed E-state index contributed by atoms with van der Waals surface area (Å²) >= 11 is 0. The first-order chi connectivity index (χ1) is 6.77. The van der Waals surface area contributed by atoms with Crippen molar-refractivity contribution in [2.45, 2.75) is 37.8 Å². The first-order valence-electron chi connectivity index (χ1n) is 5.87. The SMILES string of the molecule is CN1CCC2NCCCC(O)C2CC1. The van der Waals surface area contributed by atoms with Crippen molar-refractivity contribution >= 4 is 0 Å². The molecule has 0 radical (unpaired) electrons. The van der Waals surface area contributed by atoms with E-state index in [9.17, 15) is 5.11 Å². The molecule has 3 nitrogen and oxygen atoms in total. The van der Waals surface area contributed by atoms with Crippen LogP contribution in [0.25, 0.3) is 0 Å². The summed E-state index contributed by atoms with van der Waals surface area (Å²) in [6.07, 6.45) is 4.39. The van der Waals surface area contributed by atoms with Crippen LogP contribution in [0.15, 0.2) is 0 Å². The van der Waals surface area contributed by atoms with Gasteiger partial charge < -0.3 is 15.3 Å². The second-order valence-corrected chi connectivity index (χ2v) is 4.81. The highest BCUT2D eigenvalue weighted by atomic mass is 16.3. The van der Waals surface area contributed by atoms with E-state index in [1.54, 1.807) is 0 Å². The van der Waals surface area contributed by atoms with Crippen molar-refractivity contribution < 1.29 is 5.11 Å². The predicted octanol–water partition coefficient (Wildman–Crippen LogP) is 0.441. The summed E-state index contributed by atoms with van der Waals surface area (Å²) in [5.41, 5.74) is 0. The first kappa shape index (κ1) is 10.4. The number of aliphatic hydroxyl groups excluding tert-OH is 1. The summed E-state index contributed by atoms with van der Waals surface area (Å²) in [4.78, 5) is 2.38. The summed E-state index contributed by atoms with van der Waals surface area (Å²) in [5.74, 6) is 0.488. The van der Waals surface area contributed by atoms with Gasteiger partial charge in [0.25, 0.3) is 0 Å². The minimum atomic E-state index is -0.0681. The van der Waals surface area contributed by atoms with Gasteiger partial charge in [-0.05, 0) is 52.4 Å². The fourth-order valence-electron chi connectivity index (χ4n) is 2.78. The van der Waals surface area contributed by atoms with Gasteiger partial charge in [-0.2, -0.15) is 0 Å². The largest absolute Gasteiger partial charge is 0.393 e. The van der Waals surface area contributed by atoms with Gasteiger partial charge in [-0.25, -0.2) is 0 Å². The van der Waals surface area contributed by atoms with Crippen LogP contribution < -0.4 is 5.32 Å². The van der Waals surface area contributed by atoms with E-state index >= 15 is 0 Å². The molecule has 3 unspecified atom stereocenters. The summed E-state index contributed by atoms with van der Waals surface area (Å²) < 4.78 is 0. The van der Waals surface area contributed by atoms with E-state index in [4.69, 9.17) is 0 Å². The van der Waals surface area contributed by atoms with Crippen LogP contribution in [-0.4, -0.2) is 48.8 Å². The molecule has 2 fully saturated rings. The number of likely N-dealkylation sites (tertiary alicyclic amines) is 1. The van der Waals surface area contributed by atoms with Crippen LogP contribution in [0.5, 0.6) is 0 Å². The lowest BCUT2D eigenvalue weighted by molar-refractivity contribution is 0.0846. The number of nitrogens with one attached hydrogen (secondary N) is 1. The van der Waals surface area contributed by atoms with E-state index in [1.165, 1.54) is 13.0 Å². The van der Waals surface area contributed by atoms with Crippen LogP contribution in [-0.2, 0) is 0 Å². The average Bonchev–Trinajstić information content (AvgIpc) is 2.44. The van der Waals surface area contributed by atoms with E-state index < -0.39 is 0 Å². The molecule has 0 aromatic carbocycles. The first-order valence-corrected chi connectivity index (χ1v) is 5.87. The maximum atomic E-state index is 10.0. The smallest absolute Gasteiger partial charge is 0.0584 e. The standard InChI is InChI=1S/C11H22N2O/c1-13-7-4-9-10(5-8-13)12-6-2-3-11(9)14/h9-12,14H,2-8H2,1H3. The molecule has 14 heavy (non-hydrogen) atoms. The van der Waals surface area contributed by atoms with Gasteiger partial charge in [0.15, 0.2) is 0 Å². The molecule has 2 rings (SSSR count). The van der Waals surface area contributed by atoms with Gasteiger partial charge in [0, 0.05) is 12.0 Å². The lowest BCUT2D eigenvalue weighted by atomic mass is 9.89. The minimum absolute atomic E-state index is 0.0681. The number of nitrogens with zero attached hydrogens (tertiary/aromatic N) is 1. The molecule has 2 saturated heterocycles. The Balaban J connectivity index is 2.03. The monoisotopic (exact) mass is 198 g/mol. The van der Waals surface area contributed by atoms with Gasteiger partial charge in [0.05, 0.1) is 6.10 Å². The van der Waals surface area contributed by atoms with Crippen LogP contribution in [0, 0.1) is 5.92 Å². The molecule has 0 spiro atoms. The van der Waals surface area contributed by atoms with Gasteiger partial charge in [-0.1, -0.05) is 0 Å². The minimum Gasteiger partial charge on any atom is -0.393 e. The summed E-state index contributed by atoms with van der Waals surface area (Å²) in [5, 5.41) is 13.6. The number of hydrogen-bond acceptors (Lipinski definition) is 3. The van der Waals surface area contributed by atoms with Crippen molar-refractivity contribution in [3.05, 3.63) is 0 Å². The molecule has 0 aliphatic carbocycles. The molecule has 0 saturated carbocycles. The molecular weight excluding hydrogens is 176 g/mol. The van der Waals surface area contributed by atoms with Crippen molar-refractivity contribution in [3.63, 3.8) is 0 Å². The van der Waals surface area contributed by atoms with E-state index in [0.29, 0.717) is 12.0 Å². The van der Waals surface area contributed by atoms with Gasteiger partial charge in [0.2, 0.25) is 0 Å². The number of fused-ring (bicyclic) bond motifs is 1. The van der Waals surface area contributed by atoms with E-state index in [-0.39, 0.29) is 6.10 Å². The highest BCUT2D eigenvalue weighted by molar-refractivity contribution is 4.88. The third-order valence-corrected chi connectivity index (χ3v) is 3.76. The molecule has 0 amide bonds. The van der Waals surface area contributed by atoms with Crippen LogP contribution in [0.3, 0.4) is 0 Å². The molecule has 0 aromatic heterocycles. The maximum Gasteiger partial charge on any atom is 0.0584 e. The van der Waals surface area contributed by atoms with Crippen molar-refractivity contribution in [3.8, 4) is 0 Å². The highest BCUT2D eigenvalue weighted by Gasteiger charge is 2.31. The molecular formula is C11H22N2O. The number of aliphatic hydroxyl groups is 1. The van der Waals surface area contributed by atoms with E-state index in [0.717, 1.165) is 32.4 Å². The Kier molecular flexibility index (Phi) is 3.42.